The molecule has 19 heavy (non-hydrogen) atoms. The number of rotatable bonds is 5. The highest BCUT2D eigenvalue weighted by atomic mass is 16.4. The van der Waals surface area contributed by atoms with Gasteiger partial charge in [0, 0.05) is 23.9 Å². The fourth-order valence-corrected chi connectivity index (χ4v) is 2.02. The highest BCUT2D eigenvalue weighted by Crippen LogP contribution is 2.33. The van der Waals surface area contributed by atoms with Gasteiger partial charge in [0.25, 0.3) is 5.91 Å². The van der Waals surface area contributed by atoms with Crippen molar-refractivity contribution in [3.05, 3.63) is 35.7 Å². The Labute approximate surface area is 111 Å². The van der Waals surface area contributed by atoms with Crippen molar-refractivity contribution in [1.29, 1.82) is 0 Å². The van der Waals surface area contributed by atoms with Crippen LogP contribution in [0, 0.1) is 5.92 Å². The normalized spacial score (nSPS) is 21.3. The van der Waals surface area contributed by atoms with Gasteiger partial charge in [0.15, 0.2) is 0 Å². The van der Waals surface area contributed by atoms with Crippen LogP contribution in [0.5, 0.6) is 0 Å². The summed E-state index contributed by atoms with van der Waals surface area (Å²) in [6.07, 6.45) is 5.97. The van der Waals surface area contributed by atoms with E-state index in [2.05, 4.69) is 17.2 Å². The Morgan fingerprint density at radius 1 is 1.58 bits per heavy atom. The third kappa shape index (κ3) is 3.40. The first-order chi connectivity index (χ1) is 9.11. The molecule has 2 N–H and O–H groups in total. The van der Waals surface area contributed by atoms with E-state index in [4.69, 9.17) is 5.11 Å². The SMILES string of the molecule is CCC1CC1NC(=O)c1ncccc1/C=C/C(=O)O. The van der Waals surface area contributed by atoms with Gasteiger partial charge in [0.2, 0.25) is 0 Å². The van der Waals surface area contributed by atoms with Crippen LogP contribution in [-0.2, 0) is 4.79 Å². The van der Waals surface area contributed by atoms with Gasteiger partial charge in [-0.15, -0.1) is 0 Å². The molecule has 1 aromatic rings. The number of hydrogen-bond donors (Lipinski definition) is 2. The molecule has 1 aliphatic carbocycles. The summed E-state index contributed by atoms with van der Waals surface area (Å²) in [6.45, 7) is 2.10. The van der Waals surface area contributed by atoms with Crippen molar-refractivity contribution in [3.63, 3.8) is 0 Å². The first-order valence-electron chi connectivity index (χ1n) is 6.28. The quantitative estimate of drug-likeness (QED) is 0.790. The zero-order valence-electron chi connectivity index (χ0n) is 10.7. The van der Waals surface area contributed by atoms with Crippen LogP contribution in [0.25, 0.3) is 6.08 Å². The Morgan fingerprint density at radius 3 is 3.00 bits per heavy atom. The van der Waals surface area contributed by atoms with Crippen LogP contribution in [0.15, 0.2) is 24.4 Å². The van der Waals surface area contributed by atoms with Crippen LogP contribution in [-0.4, -0.2) is 28.0 Å². The summed E-state index contributed by atoms with van der Waals surface area (Å²) in [5, 5.41) is 11.5. The zero-order valence-corrected chi connectivity index (χ0v) is 10.7. The molecule has 1 aliphatic rings. The summed E-state index contributed by atoms with van der Waals surface area (Å²) >= 11 is 0. The minimum absolute atomic E-state index is 0.232. The van der Waals surface area contributed by atoms with Gasteiger partial charge in [-0.2, -0.15) is 0 Å². The lowest BCUT2D eigenvalue weighted by Crippen LogP contribution is -2.28. The maximum absolute atomic E-state index is 12.1. The van der Waals surface area contributed by atoms with Crippen molar-refractivity contribution in [2.24, 2.45) is 5.92 Å². The highest BCUT2D eigenvalue weighted by molar-refractivity contribution is 5.97. The molecule has 1 aromatic heterocycles. The van der Waals surface area contributed by atoms with Crippen LogP contribution in [0.1, 0.15) is 35.8 Å². The zero-order chi connectivity index (χ0) is 13.8. The van der Waals surface area contributed by atoms with Gasteiger partial charge in [-0.1, -0.05) is 19.4 Å². The number of carbonyl (C=O) groups excluding carboxylic acids is 1. The maximum atomic E-state index is 12.1. The van der Waals surface area contributed by atoms with E-state index >= 15 is 0 Å². The van der Waals surface area contributed by atoms with E-state index in [1.807, 2.05) is 0 Å². The second-order valence-electron chi connectivity index (χ2n) is 4.60. The molecule has 1 saturated carbocycles. The molecule has 0 spiro atoms. The molecule has 5 heteroatoms. The smallest absolute Gasteiger partial charge is 0.328 e. The molecule has 1 heterocycles. The summed E-state index contributed by atoms with van der Waals surface area (Å²) in [5.74, 6) is -0.735. The van der Waals surface area contributed by atoms with Gasteiger partial charge >= 0.3 is 5.97 Å². The average molecular weight is 260 g/mol. The number of nitrogens with one attached hydrogen (secondary N) is 1. The third-order valence-electron chi connectivity index (χ3n) is 3.22. The molecule has 0 radical (unpaired) electrons. The summed E-state index contributed by atoms with van der Waals surface area (Å²) < 4.78 is 0. The number of hydrogen-bond acceptors (Lipinski definition) is 3. The molecule has 2 rings (SSSR count). The summed E-state index contributed by atoms with van der Waals surface area (Å²) in [4.78, 5) is 26.6. The van der Waals surface area contributed by atoms with Crippen LogP contribution < -0.4 is 5.32 Å². The lowest BCUT2D eigenvalue weighted by Gasteiger charge is -2.06. The molecule has 100 valence electrons. The van der Waals surface area contributed by atoms with Crippen molar-refractivity contribution < 1.29 is 14.7 Å². The van der Waals surface area contributed by atoms with Crippen LogP contribution >= 0.6 is 0 Å². The Bertz CT molecular complexity index is 525. The first-order valence-corrected chi connectivity index (χ1v) is 6.28. The highest BCUT2D eigenvalue weighted by Gasteiger charge is 2.36. The number of carboxylic acid groups (broad SMARTS) is 1. The van der Waals surface area contributed by atoms with Gasteiger partial charge in [0.05, 0.1) is 0 Å². The minimum atomic E-state index is -1.05. The molecule has 0 aromatic carbocycles. The fourth-order valence-electron chi connectivity index (χ4n) is 2.02. The molecule has 2 unspecified atom stereocenters. The topological polar surface area (TPSA) is 79.3 Å². The molecule has 1 fully saturated rings. The van der Waals surface area contributed by atoms with Crippen molar-refractivity contribution in [3.8, 4) is 0 Å². The number of nitrogens with zero attached hydrogens (tertiary/aromatic N) is 1. The monoisotopic (exact) mass is 260 g/mol. The molecule has 2 atom stereocenters. The lowest BCUT2D eigenvalue weighted by molar-refractivity contribution is -0.131. The molecule has 0 bridgehead atoms. The van der Waals surface area contributed by atoms with Crippen molar-refractivity contribution in [2.75, 3.05) is 0 Å². The van der Waals surface area contributed by atoms with E-state index in [1.165, 1.54) is 12.3 Å². The maximum Gasteiger partial charge on any atom is 0.328 e. The summed E-state index contributed by atoms with van der Waals surface area (Å²) in [5.41, 5.74) is 0.776. The summed E-state index contributed by atoms with van der Waals surface area (Å²) in [7, 11) is 0. The molecule has 0 saturated heterocycles. The van der Waals surface area contributed by atoms with E-state index in [0.29, 0.717) is 11.5 Å². The van der Waals surface area contributed by atoms with E-state index in [-0.39, 0.29) is 17.6 Å². The summed E-state index contributed by atoms with van der Waals surface area (Å²) in [6, 6.07) is 3.58. The standard InChI is InChI=1S/C14H16N2O3/c1-2-9-8-11(9)16-14(19)13-10(4-3-7-15-13)5-6-12(17)18/h3-7,9,11H,2,8H2,1H3,(H,16,19)(H,17,18)/b6-5+. The Balaban J connectivity index is 2.10. The van der Waals surface area contributed by atoms with E-state index in [0.717, 1.165) is 18.9 Å². The number of aliphatic carboxylic acids is 1. The predicted molar refractivity (Wildman–Crippen MR) is 70.6 cm³/mol. The second-order valence-corrected chi connectivity index (χ2v) is 4.60. The van der Waals surface area contributed by atoms with Gasteiger partial charge in [0.1, 0.15) is 5.69 Å². The van der Waals surface area contributed by atoms with Crippen LogP contribution in [0.2, 0.25) is 0 Å². The van der Waals surface area contributed by atoms with Gasteiger partial charge in [-0.05, 0) is 24.5 Å². The van der Waals surface area contributed by atoms with Crippen LogP contribution in [0.3, 0.4) is 0 Å². The van der Waals surface area contributed by atoms with Crippen LogP contribution in [0.4, 0.5) is 0 Å². The Kier molecular flexibility index (Phi) is 3.94. The van der Waals surface area contributed by atoms with Crippen molar-refractivity contribution in [2.45, 2.75) is 25.8 Å². The van der Waals surface area contributed by atoms with Gasteiger partial charge in [-0.3, -0.25) is 9.78 Å². The Morgan fingerprint density at radius 2 is 2.37 bits per heavy atom. The number of carboxylic acids is 1. The largest absolute Gasteiger partial charge is 0.478 e. The number of pyridine rings is 1. The van der Waals surface area contributed by atoms with Gasteiger partial charge < -0.3 is 10.4 Å². The number of aromatic nitrogens is 1. The van der Waals surface area contributed by atoms with Crippen molar-refractivity contribution in [1.82, 2.24) is 10.3 Å². The minimum Gasteiger partial charge on any atom is -0.478 e. The molecule has 0 aliphatic heterocycles. The molecule has 1 amide bonds. The van der Waals surface area contributed by atoms with E-state index in [9.17, 15) is 9.59 Å². The van der Waals surface area contributed by atoms with Crippen molar-refractivity contribution >= 4 is 18.0 Å². The molecule has 5 nitrogen and oxygen atoms in total. The number of amides is 1. The van der Waals surface area contributed by atoms with E-state index < -0.39 is 5.97 Å². The average Bonchev–Trinajstić information content (AvgIpc) is 3.15. The van der Waals surface area contributed by atoms with E-state index in [1.54, 1.807) is 12.1 Å². The predicted octanol–water partition coefficient (Wildman–Crippen LogP) is 1.71. The lowest BCUT2D eigenvalue weighted by atomic mass is 10.1. The Hall–Kier alpha value is -2.17. The fraction of sp³-hybridized carbons (Fsp3) is 0.357. The number of carbonyl (C=O) groups is 2. The van der Waals surface area contributed by atoms with Gasteiger partial charge in [-0.25, -0.2) is 4.79 Å². The molecular formula is C14H16N2O3. The first kappa shape index (κ1) is 13.3. The third-order valence-corrected chi connectivity index (χ3v) is 3.22. The molecular weight excluding hydrogens is 244 g/mol. The second kappa shape index (κ2) is 5.65.